The lowest BCUT2D eigenvalue weighted by atomic mass is 10.1. The van der Waals surface area contributed by atoms with Gasteiger partial charge in [-0.25, -0.2) is 4.39 Å². The number of ether oxygens (including phenoxy) is 1. The molecule has 94 valence electrons. The third kappa shape index (κ3) is 3.16. The van der Waals surface area contributed by atoms with E-state index in [2.05, 4.69) is 4.90 Å². The summed E-state index contributed by atoms with van der Waals surface area (Å²) in [6.45, 7) is 2.67. The van der Waals surface area contributed by atoms with Crippen LogP contribution in [0.1, 0.15) is 5.56 Å². The molecule has 1 aromatic carbocycles. The van der Waals surface area contributed by atoms with Crippen LogP contribution in [0.2, 0.25) is 5.02 Å². The van der Waals surface area contributed by atoms with E-state index in [1.807, 2.05) is 0 Å². The molecule has 1 aromatic rings. The molecule has 1 atom stereocenters. The second-order valence-electron chi connectivity index (χ2n) is 4.13. The van der Waals surface area contributed by atoms with Crippen molar-refractivity contribution in [3.05, 3.63) is 34.6 Å². The number of aliphatic hydroxyl groups excluding tert-OH is 1. The summed E-state index contributed by atoms with van der Waals surface area (Å²) < 4.78 is 18.3. The molecule has 0 aliphatic carbocycles. The zero-order chi connectivity index (χ0) is 12.3. The van der Waals surface area contributed by atoms with Crippen LogP contribution in [-0.4, -0.2) is 42.4 Å². The van der Waals surface area contributed by atoms with Gasteiger partial charge in [-0.2, -0.15) is 0 Å². The number of morpholine rings is 1. The lowest BCUT2D eigenvalue weighted by Gasteiger charge is -2.34. The van der Waals surface area contributed by atoms with Crippen LogP contribution in [-0.2, 0) is 11.3 Å². The molecule has 0 bridgehead atoms. The molecule has 1 saturated heterocycles. The van der Waals surface area contributed by atoms with Crippen LogP contribution in [0.3, 0.4) is 0 Å². The van der Waals surface area contributed by atoms with Crippen molar-refractivity contribution >= 4 is 11.6 Å². The van der Waals surface area contributed by atoms with Gasteiger partial charge in [-0.15, -0.1) is 0 Å². The Balaban J connectivity index is 2.05. The van der Waals surface area contributed by atoms with Crippen LogP contribution in [0.15, 0.2) is 18.2 Å². The summed E-state index contributed by atoms with van der Waals surface area (Å²) in [5.74, 6) is -0.406. The van der Waals surface area contributed by atoms with Gasteiger partial charge in [0.25, 0.3) is 0 Å². The average Bonchev–Trinajstić information content (AvgIpc) is 2.34. The first kappa shape index (κ1) is 12.8. The van der Waals surface area contributed by atoms with Gasteiger partial charge in [-0.3, -0.25) is 4.90 Å². The van der Waals surface area contributed by atoms with Gasteiger partial charge in [0.1, 0.15) is 5.82 Å². The number of halogens is 2. The predicted molar refractivity (Wildman–Crippen MR) is 63.5 cm³/mol. The van der Waals surface area contributed by atoms with E-state index in [1.165, 1.54) is 6.07 Å². The molecule has 1 fully saturated rings. The van der Waals surface area contributed by atoms with E-state index < -0.39 is 5.82 Å². The number of benzene rings is 1. The molecular weight excluding hydrogens is 245 g/mol. The second-order valence-corrected chi connectivity index (χ2v) is 4.54. The number of hydrogen-bond acceptors (Lipinski definition) is 3. The molecule has 1 aliphatic heterocycles. The Morgan fingerprint density at radius 2 is 2.35 bits per heavy atom. The largest absolute Gasteiger partial charge is 0.395 e. The molecule has 0 radical (unpaired) electrons. The van der Waals surface area contributed by atoms with Gasteiger partial charge in [-0.05, 0) is 17.7 Å². The van der Waals surface area contributed by atoms with Crippen molar-refractivity contribution in [2.24, 2.45) is 0 Å². The van der Waals surface area contributed by atoms with E-state index in [1.54, 1.807) is 12.1 Å². The molecule has 17 heavy (non-hydrogen) atoms. The van der Waals surface area contributed by atoms with Crippen LogP contribution in [0, 0.1) is 5.82 Å². The third-order valence-electron chi connectivity index (χ3n) is 2.93. The first-order valence-electron chi connectivity index (χ1n) is 5.57. The molecule has 0 aromatic heterocycles. The highest BCUT2D eigenvalue weighted by Crippen LogP contribution is 2.18. The van der Waals surface area contributed by atoms with E-state index in [-0.39, 0.29) is 17.7 Å². The summed E-state index contributed by atoms with van der Waals surface area (Å²) in [6.07, 6.45) is 0. The molecule has 0 amide bonds. The summed E-state index contributed by atoms with van der Waals surface area (Å²) >= 11 is 5.73. The van der Waals surface area contributed by atoms with E-state index in [4.69, 9.17) is 16.3 Å². The van der Waals surface area contributed by atoms with Crippen molar-refractivity contribution in [2.45, 2.75) is 12.6 Å². The fourth-order valence-corrected chi connectivity index (χ4v) is 2.14. The topological polar surface area (TPSA) is 32.7 Å². The lowest BCUT2D eigenvalue weighted by molar-refractivity contribution is -0.0312. The Morgan fingerprint density at radius 1 is 1.53 bits per heavy atom. The van der Waals surface area contributed by atoms with Gasteiger partial charge in [0.15, 0.2) is 0 Å². The van der Waals surface area contributed by atoms with Gasteiger partial charge in [-0.1, -0.05) is 17.7 Å². The van der Waals surface area contributed by atoms with Crippen molar-refractivity contribution < 1.29 is 14.2 Å². The van der Waals surface area contributed by atoms with Crippen molar-refractivity contribution in [2.75, 3.05) is 26.4 Å². The van der Waals surface area contributed by atoms with Gasteiger partial charge < -0.3 is 9.84 Å². The SMILES string of the molecule is OC[C@@H]1COCCN1Cc1ccc(F)c(Cl)c1. The Hall–Kier alpha value is -0.680. The standard InChI is InChI=1S/C12H15ClFNO2/c13-11-5-9(1-2-12(11)14)6-15-3-4-17-8-10(15)7-16/h1-2,5,10,16H,3-4,6-8H2/t10-/m1/s1. The number of nitrogens with zero attached hydrogens (tertiary/aromatic N) is 1. The molecule has 0 unspecified atom stereocenters. The van der Waals surface area contributed by atoms with Crippen molar-refractivity contribution in [3.63, 3.8) is 0 Å². The minimum absolute atomic E-state index is 0.00702. The highest BCUT2D eigenvalue weighted by Gasteiger charge is 2.22. The maximum absolute atomic E-state index is 13.0. The second kappa shape index (κ2) is 5.78. The van der Waals surface area contributed by atoms with Crippen molar-refractivity contribution in [1.82, 2.24) is 4.90 Å². The highest BCUT2D eigenvalue weighted by molar-refractivity contribution is 6.30. The molecule has 0 spiro atoms. The number of hydrogen-bond donors (Lipinski definition) is 1. The van der Waals surface area contributed by atoms with Crippen LogP contribution in [0.4, 0.5) is 4.39 Å². The highest BCUT2D eigenvalue weighted by atomic mass is 35.5. The molecule has 0 saturated carbocycles. The van der Waals surface area contributed by atoms with Gasteiger partial charge in [0.2, 0.25) is 0 Å². The molecule has 5 heteroatoms. The van der Waals surface area contributed by atoms with E-state index in [0.717, 1.165) is 12.1 Å². The first-order valence-corrected chi connectivity index (χ1v) is 5.95. The van der Waals surface area contributed by atoms with Crippen LogP contribution >= 0.6 is 11.6 Å². The maximum Gasteiger partial charge on any atom is 0.141 e. The fourth-order valence-electron chi connectivity index (χ4n) is 1.94. The quantitative estimate of drug-likeness (QED) is 0.896. The predicted octanol–water partition coefficient (Wildman–Crippen LogP) is 1.67. The van der Waals surface area contributed by atoms with Gasteiger partial charge in [0, 0.05) is 13.1 Å². The average molecular weight is 260 g/mol. The van der Waals surface area contributed by atoms with Gasteiger partial charge in [0.05, 0.1) is 30.9 Å². The summed E-state index contributed by atoms with van der Waals surface area (Å²) in [4.78, 5) is 2.12. The minimum Gasteiger partial charge on any atom is -0.395 e. The smallest absolute Gasteiger partial charge is 0.141 e. The zero-order valence-electron chi connectivity index (χ0n) is 9.40. The van der Waals surface area contributed by atoms with Crippen LogP contribution in [0.25, 0.3) is 0 Å². The molecule has 1 N–H and O–H groups in total. The van der Waals surface area contributed by atoms with Gasteiger partial charge >= 0.3 is 0 Å². The summed E-state index contributed by atoms with van der Waals surface area (Å²) in [6, 6.07) is 4.71. The molecule has 1 heterocycles. The molecule has 1 aliphatic rings. The zero-order valence-corrected chi connectivity index (χ0v) is 10.2. The molecule has 2 rings (SSSR count). The van der Waals surface area contributed by atoms with E-state index >= 15 is 0 Å². The summed E-state index contributed by atoms with van der Waals surface area (Å²) in [5, 5.41) is 9.37. The van der Waals surface area contributed by atoms with Crippen LogP contribution in [0.5, 0.6) is 0 Å². The number of rotatable bonds is 3. The Kier molecular flexibility index (Phi) is 4.34. The van der Waals surface area contributed by atoms with Crippen LogP contribution < -0.4 is 0 Å². The molecule has 3 nitrogen and oxygen atoms in total. The van der Waals surface area contributed by atoms with E-state index in [0.29, 0.717) is 19.8 Å². The third-order valence-corrected chi connectivity index (χ3v) is 3.22. The lowest BCUT2D eigenvalue weighted by Crippen LogP contribution is -2.46. The monoisotopic (exact) mass is 259 g/mol. The summed E-state index contributed by atoms with van der Waals surface area (Å²) in [7, 11) is 0. The molecular formula is C12H15ClFNO2. The number of aliphatic hydroxyl groups is 1. The maximum atomic E-state index is 13.0. The van der Waals surface area contributed by atoms with Crippen molar-refractivity contribution in [3.8, 4) is 0 Å². The Bertz CT molecular complexity index is 389. The fraction of sp³-hybridized carbons (Fsp3) is 0.500. The summed E-state index contributed by atoms with van der Waals surface area (Å²) in [5.41, 5.74) is 0.941. The Labute approximate surface area is 105 Å². The van der Waals surface area contributed by atoms with E-state index in [9.17, 15) is 9.50 Å². The minimum atomic E-state index is -0.406. The Morgan fingerprint density at radius 3 is 3.06 bits per heavy atom. The van der Waals surface area contributed by atoms with Crippen molar-refractivity contribution in [1.29, 1.82) is 0 Å². The first-order chi connectivity index (χ1) is 8.20. The normalized spacial score (nSPS) is 21.7.